The molecule has 0 saturated carbocycles. The molecule has 0 aliphatic rings. The van der Waals surface area contributed by atoms with Crippen molar-refractivity contribution in [1.29, 1.82) is 0 Å². The maximum atomic E-state index is 12.7. The Morgan fingerprint density at radius 1 is 0.534 bits per heavy atom. The molecule has 0 aliphatic heterocycles. The van der Waals surface area contributed by atoms with E-state index in [9.17, 15) is 19.0 Å². The van der Waals surface area contributed by atoms with E-state index >= 15 is 0 Å². The molecule has 2 N–H and O–H groups in total. The van der Waals surface area contributed by atoms with Crippen molar-refractivity contribution in [3.63, 3.8) is 0 Å². The molecule has 0 spiro atoms. The predicted molar refractivity (Wildman–Crippen MR) is 243 cm³/mol. The first-order chi connectivity index (χ1) is 28.3. The molecule has 0 aliphatic carbocycles. The molecule has 0 aromatic heterocycles. The summed E-state index contributed by atoms with van der Waals surface area (Å²) in [6.45, 7) is 4.16. The van der Waals surface area contributed by atoms with Crippen LogP contribution in [0.25, 0.3) is 0 Å². The van der Waals surface area contributed by atoms with Gasteiger partial charge < -0.3 is 19.7 Å². The van der Waals surface area contributed by atoms with E-state index in [0.717, 1.165) is 51.4 Å². The van der Waals surface area contributed by atoms with Crippen molar-refractivity contribution in [2.75, 3.05) is 33.4 Å². The van der Waals surface area contributed by atoms with Gasteiger partial charge in [0.1, 0.15) is 6.61 Å². The van der Waals surface area contributed by atoms with Gasteiger partial charge in [-0.15, -0.1) is 0 Å². The van der Waals surface area contributed by atoms with Gasteiger partial charge in [0.2, 0.25) is 0 Å². The lowest BCUT2D eigenvalue weighted by atomic mass is 10.0. The summed E-state index contributed by atoms with van der Waals surface area (Å²) >= 11 is 0. The minimum absolute atomic E-state index is 0.0239. The number of rotatable bonds is 44. The van der Waals surface area contributed by atoms with Gasteiger partial charge in [0, 0.05) is 19.4 Å². The first-order valence-electron chi connectivity index (χ1n) is 23.6. The number of carbonyl (C=O) groups is 2. The fourth-order valence-corrected chi connectivity index (χ4v) is 7.07. The molecule has 2 unspecified atom stereocenters. The molecule has 0 bridgehead atoms. The van der Waals surface area contributed by atoms with Crippen LogP contribution < -0.4 is 5.32 Å². The summed E-state index contributed by atoms with van der Waals surface area (Å²) in [6, 6.07) is 0. The van der Waals surface area contributed by atoms with Gasteiger partial charge in [0.15, 0.2) is 6.10 Å². The van der Waals surface area contributed by atoms with Crippen LogP contribution >= 0.6 is 7.82 Å². The van der Waals surface area contributed by atoms with Crippen LogP contribution in [-0.4, -0.2) is 56.3 Å². The molecule has 0 saturated heterocycles. The van der Waals surface area contributed by atoms with Gasteiger partial charge in [-0.1, -0.05) is 165 Å². The lowest BCUT2D eigenvalue weighted by Gasteiger charge is -2.20. The van der Waals surface area contributed by atoms with Crippen LogP contribution in [0.15, 0.2) is 48.6 Å². The van der Waals surface area contributed by atoms with Crippen LogP contribution in [0.3, 0.4) is 0 Å². The van der Waals surface area contributed by atoms with Crippen molar-refractivity contribution in [2.45, 2.75) is 213 Å². The van der Waals surface area contributed by atoms with Crippen LogP contribution in [0, 0.1) is 0 Å². The van der Waals surface area contributed by atoms with E-state index in [2.05, 4.69) is 67.8 Å². The van der Waals surface area contributed by atoms with Gasteiger partial charge in [-0.25, -0.2) is 4.57 Å². The number of likely N-dealkylation sites (N-methyl/N-ethyl adjacent to an activating group) is 1. The lowest BCUT2D eigenvalue weighted by molar-refractivity contribution is -0.161. The van der Waals surface area contributed by atoms with Crippen molar-refractivity contribution in [3.8, 4) is 0 Å². The first-order valence-corrected chi connectivity index (χ1v) is 25.1. The third-order valence-electron chi connectivity index (χ3n) is 9.92. The quantitative estimate of drug-likeness (QED) is 0.0267. The molecular weight excluding hydrogens is 750 g/mol. The maximum absolute atomic E-state index is 12.7. The predicted octanol–water partition coefficient (Wildman–Crippen LogP) is 13.8. The Morgan fingerprint density at radius 3 is 1.47 bits per heavy atom. The molecule has 0 heterocycles. The van der Waals surface area contributed by atoms with Crippen LogP contribution in [0.2, 0.25) is 0 Å². The average molecular weight is 838 g/mol. The largest absolute Gasteiger partial charge is 0.472 e. The highest BCUT2D eigenvalue weighted by Crippen LogP contribution is 2.43. The molecule has 0 amide bonds. The third kappa shape index (κ3) is 43.5. The number of hydrogen-bond acceptors (Lipinski definition) is 8. The summed E-state index contributed by atoms with van der Waals surface area (Å²) in [5, 5.41) is 2.82. The number of ether oxygens (including phenoxy) is 2. The second-order valence-electron chi connectivity index (χ2n) is 15.6. The van der Waals surface area contributed by atoms with E-state index in [-0.39, 0.29) is 26.1 Å². The van der Waals surface area contributed by atoms with Crippen molar-refractivity contribution in [1.82, 2.24) is 5.32 Å². The zero-order chi connectivity index (χ0) is 42.5. The molecule has 338 valence electrons. The summed E-state index contributed by atoms with van der Waals surface area (Å²) in [5.74, 6) is -0.850. The molecule has 0 radical (unpaired) electrons. The Labute approximate surface area is 356 Å². The van der Waals surface area contributed by atoms with E-state index in [0.29, 0.717) is 19.4 Å². The number of nitrogens with one attached hydrogen (secondary N) is 1. The highest BCUT2D eigenvalue weighted by Gasteiger charge is 2.26. The molecule has 10 heteroatoms. The van der Waals surface area contributed by atoms with Gasteiger partial charge >= 0.3 is 19.8 Å². The minimum Gasteiger partial charge on any atom is -0.462 e. The second-order valence-corrected chi connectivity index (χ2v) is 17.0. The fraction of sp³-hybridized carbons (Fsp3) is 0.792. The standard InChI is InChI=1S/C48H88NO8P/c1-4-6-8-10-12-14-16-18-20-21-22-23-24-25-27-29-31-33-35-37-39-41-48(51)57-46(45-56-58(52,53)55-43-42-49-3)44-54-47(50)40-38-36-34-32-30-28-26-19-17-15-13-11-9-7-5-2/h13,15,18-20,26,30,32,46,49H,4-12,14,16-17,21-25,27-29,31,33-45H2,1-3H3,(H,52,53)/b15-13-,20-18-,26-19-,32-30-. The Hall–Kier alpha value is -2.03. The molecule has 2 atom stereocenters. The van der Waals surface area contributed by atoms with E-state index in [1.54, 1.807) is 7.05 Å². The van der Waals surface area contributed by atoms with Crippen LogP contribution in [0.1, 0.15) is 206 Å². The summed E-state index contributed by atoms with van der Waals surface area (Å²) in [4.78, 5) is 35.1. The number of hydrogen-bond donors (Lipinski definition) is 2. The Kier molecular flexibility index (Phi) is 43.0. The number of unbranched alkanes of at least 4 members (excludes halogenated alkanes) is 22. The van der Waals surface area contributed by atoms with E-state index in [1.807, 2.05) is 0 Å². The zero-order valence-electron chi connectivity index (χ0n) is 37.5. The Morgan fingerprint density at radius 2 is 0.931 bits per heavy atom. The smallest absolute Gasteiger partial charge is 0.462 e. The molecule has 58 heavy (non-hydrogen) atoms. The number of esters is 2. The normalized spacial score (nSPS) is 13.7. The Balaban J connectivity index is 4.19. The SMILES string of the molecule is CCCCC/C=C\C/C=C\C/C=C\CCCCC(=O)OCC(COP(=O)(O)OCCNC)OC(=O)CCCCCCCCCCCCC/C=C\CCCCCCCC. The van der Waals surface area contributed by atoms with Crippen molar-refractivity contribution >= 4 is 19.8 Å². The molecule has 0 fully saturated rings. The number of allylic oxidation sites excluding steroid dienone is 8. The lowest BCUT2D eigenvalue weighted by Crippen LogP contribution is -2.29. The van der Waals surface area contributed by atoms with Crippen molar-refractivity contribution in [3.05, 3.63) is 48.6 Å². The van der Waals surface area contributed by atoms with Gasteiger partial charge in [-0.05, 0) is 84.1 Å². The number of carbonyl (C=O) groups excluding carboxylic acids is 2. The summed E-state index contributed by atoms with van der Waals surface area (Å²) in [6.07, 6.45) is 50.2. The first kappa shape index (κ1) is 56.0. The summed E-state index contributed by atoms with van der Waals surface area (Å²) < 4.78 is 33.2. The highest BCUT2D eigenvalue weighted by molar-refractivity contribution is 7.47. The monoisotopic (exact) mass is 838 g/mol. The fourth-order valence-electron chi connectivity index (χ4n) is 6.32. The topological polar surface area (TPSA) is 120 Å². The maximum Gasteiger partial charge on any atom is 0.472 e. The second kappa shape index (κ2) is 44.5. The van der Waals surface area contributed by atoms with Crippen molar-refractivity contribution in [2.24, 2.45) is 0 Å². The van der Waals surface area contributed by atoms with Crippen LogP contribution in [0.4, 0.5) is 0 Å². The highest BCUT2D eigenvalue weighted by atomic mass is 31.2. The molecule has 0 aromatic carbocycles. The van der Waals surface area contributed by atoms with Gasteiger partial charge in [0.05, 0.1) is 13.2 Å². The molecule has 0 aromatic rings. The number of phosphoric ester groups is 1. The van der Waals surface area contributed by atoms with Crippen LogP contribution in [-0.2, 0) is 32.7 Å². The van der Waals surface area contributed by atoms with Gasteiger partial charge in [0.25, 0.3) is 0 Å². The van der Waals surface area contributed by atoms with Gasteiger partial charge in [-0.3, -0.25) is 18.6 Å². The molecule has 9 nitrogen and oxygen atoms in total. The van der Waals surface area contributed by atoms with E-state index < -0.39 is 32.5 Å². The van der Waals surface area contributed by atoms with Crippen LogP contribution in [0.5, 0.6) is 0 Å². The summed E-state index contributed by atoms with van der Waals surface area (Å²) in [5.41, 5.74) is 0. The summed E-state index contributed by atoms with van der Waals surface area (Å²) in [7, 11) is -2.66. The Bertz CT molecular complexity index is 1090. The van der Waals surface area contributed by atoms with Gasteiger partial charge in [-0.2, -0.15) is 0 Å². The minimum atomic E-state index is -4.36. The van der Waals surface area contributed by atoms with E-state index in [1.165, 1.54) is 116 Å². The zero-order valence-corrected chi connectivity index (χ0v) is 38.4. The van der Waals surface area contributed by atoms with E-state index in [4.69, 9.17) is 18.5 Å². The van der Waals surface area contributed by atoms with Crippen molar-refractivity contribution < 1.29 is 37.6 Å². The molecular formula is C48H88NO8P. The average Bonchev–Trinajstić information content (AvgIpc) is 3.21. The third-order valence-corrected chi connectivity index (χ3v) is 10.9. The number of phosphoric acid groups is 1. The molecule has 0 rings (SSSR count).